The van der Waals surface area contributed by atoms with Crippen molar-refractivity contribution in [3.05, 3.63) is 59.0 Å². The molecule has 1 aliphatic rings. The molecule has 0 saturated carbocycles. The largest absolute Gasteiger partial charge is 0.465 e. The van der Waals surface area contributed by atoms with Crippen molar-refractivity contribution >= 4 is 43.1 Å². The third-order valence-electron chi connectivity index (χ3n) is 5.44. The van der Waals surface area contributed by atoms with Gasteiger partial charge in [-0.05, 0) is 37.6 Å². The predicted molar refractivity (Wildman–Crippen MR) is 120 cm³/mol. The average Bonchev–Trinajstić information content (AvgIpc) is 3.13. The Morgan fingerprint density at radius 2 is 1.90 bits per heavy atom. The molecule has 1 fully saturated rings. The fraction of sp³-hybridized carbons (Fsp3) is 0.318. The van der Waals surface area contributed by atoms with Crippen LogP contribution in [-0.2, 0) is 14.8 Å². The number of carbonyl (C=O) groups is 1. The lowest BCUT2D eigenvalue weighted by Crippen LogP contribution is -2.53. The van der Waals surface area contributed by atoms with Crippen molar-refractivity contribution in [2.45, 2.75) is 24.8 Å². The van der Waals surface area contributed by atoms with Gasteiger partial charge >= 0.3 is 5.97 Å². The molecule has 30 heavy (non-hydrogen) atoms. The zero-order valence-corrected chi connectivity index (χ0v) is 18.8. The Hall–Kier alpha value is -2.42. The molecule has 0 spiro atoms. The standard InChI is InChI=1S/C22H24N2O4S2/c1-15-7-6-8-17(13-15)24-12-11-23(14-16(24)2)30(26,27)21-18-9-4-5-10-19(18)29-20(21)22(25)28-3/h4-10,13,16H,11-12,14H2,1-3H3. The Bertz CT molecular complexity index is 1200. The van der Waals surface area contributed by atoms with Gasteiger partial charge in [0.25, 0.3) is 0 Å². The number of aryl methyl sites for hydroxylation is 1. The molecule has 3 aromatic rings. The number of fused-ring (bicyclic) bond motifs is 1. The van der Waals surface area contributed by atoms with Crippen LogP contribution in [-0.4, -0.2) is 51.5 Å². The van der Waals surface area contributed by atoms with E-state index in [1.165, 1.54) is 17.0 Å². The highest BCUT2D eigenvalue weighted by Gasteiger charge is 2.37. The van der Waals surface area contributed by atoms with Crippen LogP contribution < -0.4 is 4.90 Å². The number of hydrogen-bond donors (Lipinski definition) is 0. The van der Waals surface area contributed by atoms with Gasteiger partial charge in [-0.25, -0.2) is 13.2 Å². The van der Waals surface area contributed by atoms with Gasteiger partial charge in [-0.1, -0.05) is 30.3 Å². The number of benzene rings is 2. The van der Waals surface area contributed by atoms with E-state index in [1.54, 1.807) is 12.1 Å². The van der Waals surface area contributed by atoms with E-state index in [1.807, 2.05) is 38.1 Å². The van der Waals surface area contributed by atoms with Crippen LogP contribution in [0.25, 0.3) is 10.1 Å². The van der Waals surface area contributed by atoms with E-state index in [-0.39, 0.29) is 15.8 Å². The van der Waals surface area contributed by atoms with Crippen LogP contribution in [0.2, 0.25) is 0 Å². The number of nitrogens with zero attached hydrogens (tertiary/aromatic N) is 2. The summed E-state index contributed by atoms with van der Waals surface area (Å²) in [5.41, 5.74) is 2.26. The number of hydrogen-bond acceptors (Lipinski definition) is 6. The van der Waals surface area contributed by atoms with Crippen molar-refractivity contribution in [1.82, 2.24) is 4.31 Å². The summed E-state index contributed by atoms with van der Waals surface area (Å²) in [6.45, 7) is 5.35. The smallest absolute Gasteiger partial charge is 0.349 e. The number of anilines is 1. The molecule has 1 aromatic heterocycles. The Kier molecular flexibility index (Phi) is 5.57. The minimum Gasteiger partial charge on any atom is -0.465 e. The quantitative estimate of drug-likeness (QED) is 0.571. The molecule has 158 valence electrons. The number of rotatable bonds is 4. The number of carbonyl (C=O) groups excluding carboxylic acids is 1. The maximum atomic E-state index is 13.7. The van der Waals surface area contributed by atoms with Crippen LogP contribution in [0.15, 0.2) is 53.4 Å². The van der Waals surface area contributed by atoms with Crippen molar-refractivity contribution in [3.8, 4) is 0 Å². The van der Waals surface area contributed by atoms with Crippen LogP contribution in [0, 0.1) is 6.92 Å². The number of piperazine rings is 1. The van der Waals surface area contributed by atoms with Crippen molar-refractivity contribution in [3.63, 3.8) is 0 Å². The molecule has 0 radical (unpaired) electrons. The summed E-state index contributed by atoms with van der Waals surface area (Å²) >= 11 is 1.16. The van der Waals surface area contributed by atoms with Gasteiger partial charge in [0.05, 0.1) is 7.11 Å². The van der Waals surface area contributed by atoms with Gasteiger partial charge in [0.1, 0.15) is 9.77 Å². The monoisotopic (exact) mass is 444 g/mol. The molecule has 8 heteroatoms. The zero-order valence-electron chi connectivity index (χ0n) is 17.2. The second-order valence-corrected chi connectivity index (χ2v) is 10.4. The summed E-state index contributed by atoms with van der Waals surface area (Å²) in [5.74, 6) is -0.624. The van der Waals surface area contributed by atoms with Crippen molar-refractivity contribution < 1.29 is 17.9 Å². The number of esters is 1. The number of ether oxygens (including phenoxy) is 1. The molecule has 1 unspecified atom stereocenters. The van der Waals surface area contributed by atoms with Crippen molar-refractivity contribution in [2.75, 3.05) is 31.6 Å². The van der Waals surface area contributed by atoms with Crippen LogP contribution in [0.5, 0.6) is 0 Å². The summed E-state index contributed by atoms with van der Waals surface area (Å²) in [6.07, 6.45) is 0. The SMILES string of the molecule is COC(=O)c1sc2ccccc2c1S(=O)(=O)N1CCN(c2cccc(C)c2)C(C)C1. The molecule has 0 bridgehead atoms. The highest BCUT2D eigenvalue weighted by Crippen LogP contribution is 2.37. The molecule has 1 atom stereocenters. The van der Waals surface area contributed by atoms with E-state index in [4.69, 9.17) is 4.74 Å². The van der Waals surface area contributed by atoms with Crippen LogP contribution in [0.4, 0.5) is 5.69 Å². The minimum absolute atomic E-state index is 0.00167. The molecule has 0 aliphatic carbocycles. The van der Waals surface area contributed by atoms with Crippen molar-refractivity contribution in [2.24, 2.45) is 0 Å². The maximum absolute atomic E-state index is 13.7. The van der Waals surface area contributed by atoms with Crippen LogP contribution in [0.3, 0.4) is 0 Å². The van der Waals surface area contributed by atoms with E-state index in [0.29, 0.717) is 25.0 Å². The van der Waals surface area contributed by atoms with Crippen molar-refractivity contribution in [1.29, 1.82) is 0 Å². The maximum Gasteiger partial charge on any atom is 0.349 e. The topological polar surface area (TPSA) is 66.9 Å². The van der Waals surface area contributed by atoms with E-state index in [2.05, 4.69) is 17.0 Å². The Morgan fingerprint density at radius 3 is 2.60 bits per heavy atom. The summed E-state index contributed by atoms with van der Waals surface area (Å²) < 4.78 is 34.4. The summed E-state index contributed by atoms with van der Waals surface area (Å²) in [7, 11) is -2.59. The molecule has 2 aromatic carbocycles. The lowest BCUT2D eigenvalue weighted by molar-refractivity contribution is 0.0602. The first-order valence-electron chi connectivity index (χ1n) is 9.76. The highest BCUT2D eigenvalue weighted by atomic mass is 32.2. The van der Waals surface area contributed by atoms with E-state index in [0.717, 1.165) is 21.7 Å². The predicted octanol–water partition coefficient (Wildman–Crippen LogP) is 3.90. The van der Waals surface area contributed by atoms with Gasteiger partial charge < -0.3 is 9.64 Å². The van der Waals surface area contributed by atoms with Gasteiger partial charge in [-0.2, -0.15) is 4.31 Å². The van der Waals surface area contributed by atoms with Crippen LogP contribution >= 0.6 is 11.3 Å². The van der Waals surface area contributed by atoms with E-state index in [9.17, 15) is 13.2 Å². The van der Waals surface area contributed by atoms with Gasteiger partial charge in [-0.3, -0.25) is 0 Å². The van der Waals surface area contributed by atoms with Gasteiger partial charge in [0.2, 0.25) is 10.0 Å². The first kappa shape index (κ1) is 20.8. The first-order valence-corrected chi connectivity index (χ1v) is 12.0. The molecule has 4 rings (SSSR count). The van der Waals surface area contributed by atoms with E-state index < -0.39 is 16.0 Å². The third kappa shape index (κ3) is 3.59. The summed E-state index contributed by atoms with van der Waals surface area (Å²) in [6, 6.07) is 15.4. The Morgan fingerprint density at radius 1 is 1.13 bits per heavy atom. The second kappa shape index (κ2) is 8.02. The molecule has 2 heterocycles. The van der Waals surface area contributed by atoms with Crippen LogP contribution in [0.1, 0.15) is 22.2 Å². The minimum atomic E-state index is -3.86. The van der Waals surface area contributed by atoms with E-state index >= 15 is 0 Å². The Labute approximate surface area is 180 Å². The average molecular weight is 445 g/mol. The van der Waals surface area contributed by atoms with Gasteiger partial charge in [-0.15, -0.1) is 11.3 Å². The second-order valence-electron chi connectivity index (χ2n) is 7.49. The summed E-state index contributed by atoms with van der Waals surface area (Å²) in [4.78, 5) is 14.8. The fourth-order valence-electron chi connectivity index (χ4n) is 3.97. The lowest BCUT2D eigenvalue weighted by Gasteiger charge is -2.40. The molecule has 6 nitrogen and oxygen atoms in total. The number of thiophene rings is 1. The molecule has 0 N–H and O–H groups in total. The molecule has 1 aliphatic heterocycles. The third-order valence-corrected chi connectivity index (χ3v) is 8.67. The first-order chi connectivity index (χ1) is 14.3. The number of methoxy groups -OCH3 is 1. The molecular formula is C22H24N2O4S2. The summed E-state index contributed by atoms with van der Waals surface area (Å²) in [5, 5.41) is 0.566. The Balaban J connectivity index is 1.69. The van der Waals surface area contributed by atoms with Gasteiger partial charge in [0.15, 0.2) is 0 Å². The zero-order chi connectivity index (χ0) is 21.5. The van der Waals surface area contributed by atoms with Gasteiger partial charge in [0, 0.05) is 41.4 Å². The highest BCUT2D eigenvalue weighted by molar-refractivity contribution is 7.89. The normalized spacial score (nSPS) is 18.0. The molecule has 0 amide bonds. The molecular weight excluding hydrogens is 420 g/mol. The number of sulfonamides is 1. The lowest BCUT2D eigenvalue weighted by atomic mass is 10.1. The molecule has 1 saturated heterocycles. The fourth-order valence-corrected chi connectivity index (χ4v) is 7.25.